The average molecular weight is 102 g/mol. The first-order valence-electron chi connectivity index (χ1n) is 2.19. The molecule has 0 aliphatic heterocycles. The molecule has 0 heterocycles. The first-order chi connectivity index (χ1) is 3.06. The fourth-order valence-corrected chi connectivity index (χ4v) is 0.330. The van der Waals surface area contributed by atoms with E-state index in [4.69, 9.17) is 10.5 Å². The van der Waals surface area contributed by atoms with Crippen LogP contribution >= 0.6 is 0 Å². The summed E-state index contributed by atoms with van der Waals surface area (Å²) in [6, 6.07) is 0. The van der Waals surface area contributed by atoms with Gasteiger partial charge >= 0.3 is 0 Å². The van der Waals surface area contributed by atoms with Crippen LogP contribution < -0.4 is 5.73 Å². The van der Waals surface area contributed by atoms with Crippen LogP contribution in [0.15, 0.2) is 0 Å². The van der Waals surface area contributed by atoms with E-state index in [-0.39, 0.29) is 0 Å². The highest BCUT2D eigenvalue weighted by molar-refractivity contribution is 4.79. The fourth-order valence-electron chi connectivity index (χ4n) is 0.330. The minimum atomic E-state index is -0.422. The molecule has 2 N–H and O–H groups in total. The minimum Gasteiger partial charge on any atom is -0.383 e. The lowest BCUT2D eigenvalue weighted by Crippen LogP contribution is -2.37. The zero-order valence-corrected chi connectivity index (χ0v) is 4.90. The molecular formula is C5H12NO. The second-order valence-corrected chi connectivity index (χ2v) is 2.09. The third-order valence-electron chi connectivity index (χ3n) is 0.474. The van der Waals surface area contributed by atoms with E-state index in [1.54, 1.807) is 7.11 Å². The van der Waals surface area contributed by atoms with Crippen molar-refractivity contribution in [1.29, 1.82) is 0 Å². The van der Waals surface area contributed by atoms with Gasteiger partial charge in [-0.25, -0.2) is 0 Å². The smallest absolute Gasteiger partial charge is 0.0639 e. The summed E-state index contributed by atoms with van der Waals surface area (Å²) in [6.45, 7) is 5.94. The van der Waals surface area contributed by atoms with Crippen LogP contribution in [0, 0.1) is 6.92 Å². The molecule has 0 aromatic heterocycles. The molecule has 0 saturated carbocycles. The Balaban J connectivity index is 3.15. The van der Waals surface area contributed by atoms with Crippen molar-refractivity contribution in [3.63, 3.8) is 0 Å². The maximum atomic E-state index is 5.41. The van der Waals surface area contributed by atoms with Crippen LogP contribution in [0.1, 0.15) is 6.92 Å². The minimum absolute atomic E-state index is 0.422. The van der Waals surface area contributed by atoms with Crippen molar-refractivity contribution in [2.75, 3.05) is 13.7 Å². The number of hydrogen-bond acceptors (Lipinski definition) is 2. The molecule has 2 nitrogen and oxygen atoms in total. The highest BCUT2D eigenvalue weighted by atomic mass is 16.5. The fraction of sp³-hybridized carbons (Fsp3) is 0.800. The summed E-state index contributed by atoms with van der Waals surface area (Å²) >= 11 is 0. The van der Waals surface area contributed by atoms with Gasteiger partial charge in [0, 0.05) is 12.6 Å². The standard InChI is InChI=1S/C5H12NO/c1-5(2,6)4-7-3/h1,4,6H2,2-3H3. The van der Waals surface area contributed by atoms with Crippen molar-refractivity contribution < 1.29 is 4.74 Å². The highest BCUT2D eigenvalue weighted by Crippen LogP contribution is 1.92. The number of nitrogens with two attached hydrogens (primary N) is 1. The molecule has 0 saturated heterocycles. The number of hydrogen-bond donors (Lipinski definition) is 1. The summed E-state index contributed by atoms with van der Waals surface area (Å²) in [5.74, 6) is 0. The van der Waals surface area contributed by atoms with Gasteiger partial charge in [-0.3, -0.25) is 0 Å². The van der Waals surface area contributed by atoms with E-state index in [9.17, 15) is 0 Å². The van der Waals surface area contributed by atoms with Crippen LogP contribution in [0.3, 0.4) is 0 Å². The third-order valence-corrected chi connectivity index (χ3v) is 0.474. The van der Waals surface area contributed by atoms with Gasteiger partial charge in [-0.1, -0.05) is 0 Å². The van der Waals surface area contributed by atoms with Gasteiger partial charge in [0.1, 0.15) is 0 Å². The van der Waals surface area contributed by atoms with Gasteiger partial charge < -0.3 is 10.5 Å². The SMILES string of the molecule is [CH2]C(C)(N)COC. The van der Waals surface area contributed by atoms with Gasteiger partial charge in [0.15, 0.2) is 0 Å². The number of methoxy groups -OCH3 is 1. The lowest BCUT2D eigenvalue weighted by Gasteiger charge is -2.15. The molecule has 7 heavy (non-hydrogen) atoms. The summed E-state index contributed by atoms with van der Waals surface area (Å²) in [5, 5.41) is 0. The van der Waals surface area contributed by atoms with Gasteiger partial charge in [-0.15, -0.1) is 0 Å². The van der Waals surface area contributed by atoms with Crippen molar-refractivity contribution in [2.45, 2.75) is 12.5 Å². The first kappa shape index (κ1) is 6.92. The van der Waals surface area contributed by atoms with Crippen molar-refractivity contribution in [1.82, 2.24) is 0 Å². The van der Waals surface area contributed by atoms with E-state index in [1.165, 1.54) is 0 Å². The molecular weight excluding hydrogens is 90.1 g/mol. The van der Waals surface area contributed by atoms with Gasteiger partial charge in [0.25, 0.3) is 0 Å². The molecule has 1 atom stereocenters. The van der Waals surface area contributed by atoms with E-state index in [0.29, 0.717) is 6.61 Å². The molecule has 0 spiro atoms. The molecule has 1 unspecified atom stereocenters. The van der Waals surface area contributed by atoms with Crippen LogP contribution in [0.4, 0.5) is 0 Å². The van der Waals surface area contributed by atoms with E-state index < -0.39 is 5.54 Å². The molecule has 1 radical (unpaired) electrons. The Morgan fingerprint density at radius 3 is 2.29 bits per heavy atom. The molecule has 43 valence electrons. The Hall–Kier alpha value is -0.0800. The molecule has 0 rings (SSSR count). The third kappa shape index (κ3) is 5.92. The summed E-state index contributed by atoms with van der Waals surface area (Å²) in [4.78, 5) is 0. The van der Waals surface area contributed by atoms with Crippen LogP contribution in [0.25, 0.3) is 0 Å². The Bertz CT molecular complexity index is 46.5. The van der Waals surface area contributed by atoms with Crippen molar-refractivity contribution in [3.8, 4) is 0 Å². The Morgan fingerprint density at radius 2 is 2.29 bits per heavy atom. The average Bonchev–Trinajstić information content (AvgIpc) is 1.30. The van der Waals surface area contributed by atoms with Gasteiger partial charge in [0.05, 0.1) is 6.61 Å². The quantitative estimate of drug-likeness (QED) is 0.540. The number of ether oxygens (including phenoxy) is 1. The Labute approximate surface area is 44.7 Å². The zero-order valence-electron chi connectivity index (χ0n) is 4.90. The van der Waals surface area contributed by atoms with E-state index >= 15 is 0 Å². The van der Waals surface area contributed by atoms with Gasteiger partial charge in [-0.05, 0) is 13.8 Å². The van der Waals surface area contributed by atoms with E-state index in [1.807, 2.05) is 6.92 Å². The number of rotatable bonds is 2. The maximum absolute atomic E-state index is 5.41. The summed E-state index contributed by atoms with van der Waals surface area (Å²) in [7, 11) is 1.61. The summed E-state index contributed by atoms with van der Waals surface area (Å²) < 4.78 is 4.72. The molecule has 0 amide bonds. The highest BCUT2D eigenvalue weighted by Gasteiger charge is 2.07. The van der Waals surface area contributed by atoms with Crippen LogP contribution in [-0.4, -0.2) is 19.3 Å². The Morgan fingerprint density at radius 1 is 1.86 bits per heavy atom. The molecule has 0 fully saturated rings. The van der Waals surface area contributed by atoms with Crippen molar-refractivity contribution >= 4 is 0 Å². The Kier molecular flexibility index (Phi) is 2.26. The largest absolute Gasteiger partial charge is 0.383 e. The predicted molar refractivity (Wildman–Crippen MR) is 29.8 cm³/mol. The molecule has 0 bridgehead atoms. The maximum Gasteiger partial charge on any atom is 0.0639 e. The molecule has 2 heteroatoms. The van der Waals surface area contributed by atoms with Crippen LogP contribution in [0.5, 0.6) is 0 Å². The molecule has 0 aromatic rings. The van der Waals surface area contributed by atoms with E-state index in [2.05, 4.69) is 6.92 Å². The lowest BCUT2D eigenvalue weighted by molar-refractivity contribution is 0.160. The second kappa shape index (κ2) is 2.28. The molecule has 0 aliphatic carbocycles. The van der Waals surface area contributed by atoms with Crippen molar-refractivity contribution in [2.24, 2.45) is 5.73 Å². The van der Waals surface area contributed by atoms with Gasteiger partial charge in [0.2, 0.25) is 0 Å². The monoisotopic (exact) mass is 102 g/mol. The summed E-state index contributed by atoms with van der Waals surface area (Å²) in [6.07, 6.45) is 0. The summed E-state index contributed by atoms with van der Waals surface area (Å²) in [5.41, 5.74) is 4.99. The second-order valence-electron chi connectivity index (χ2n) is 2.09. The lowest BCUT2D eigenvalue weighted by atomic mass is 10.1. The van der Waals surface area contributed by atoms with Crippen molar-refractivity contribution in [3.05, 3.63) is 6.92 Å². The normalized spacial score (nSPS) is 12.0. The first-order valence-corrected chi connectivity index (χ1v) is 2.19. The topological polar surface area (TPSA) is 35.2 Å². The predicted octanol–water partition coefficient (Wildman–Crippen LogP) is 0.184. The van der Waals surface area contributed by atoms with Crippen LogP contribution in [0.2, 0.25) is 0 Å². The van der Waals surface area contributed by atoms with E-state index in [0.717, 1.165) is 0 Å². The molecule has 0 aromatic carbocycles. The van der Waals surface area contributed by atoms with Crippen LogP contribution in [-0.2, 0) is 4.74 Å². The van der Waals surface area contributed by atoms with Gasteiger partial charge in [-0.2, -0.15) is 0 Å². The zero-order chi connectivity index (χ0) is 5.91. The molecule has 0 aliphatic rings.